The number of nitrogens with zero attached hydrogens (tertiary/aromatic N) is 2. The monoisotopic (exact) mass is 334 g/mol. The van der Waals surface area contributed by atoms with Gasteiger partial charge in [0.25, 0.3) is 0 Å². The van der Waals surface area contributed by atoms with Crippen molar-refractivity contribution < 1.29 is 4.39 Å². The van der Waals surface area contributed by atoms with Crippen LogP contribution in [-0.2, 0) is 6.54 Å². The van der Waals surface area contributed by atoms with E-state index in [1.807, 2.05) is 0 Å². The van der Waals surface area contributed by atoms with Crippen LogP contribution in [0.4, 0.5) is 4.39 Å². The summed E-state index contributed by atoms with van der Waals surface area (Å²) in [5, 5.41) is 1.30. The average molecular weight is 334 g/mol. The number of aromatic amines is 2. The second-order valence-electron chi connectivity index (χ2n) is 6.86. The molecule has 0 bridgehead atoms. The minimum atomic E-state index is -0.227. The van der Waals surface area contributed by atoms with Crippen LogP contribution in [0.2, 0.25) is 0 Å². The molecule has 2 aromatic carbocycles. The van der Waals surface area contributed by atoms with Crippen LogP contribution in [0.25, 0.3) is 21.9 Å². The standard InChI is InChI=1S/C20H19FN4/c21-15-5-6-18-19(9-15)24-20(23-18)13-7-8-25(11-13)12-14-10-22-17-4-2-1-3-16(14)17/h1-6,9-10,13,22H,7-8,11-12H2,(H,23,24)/t13-/m0/s1. The molecule has 5 rings (SSSR count). The summed E-state index contributed by atoms with van der Waals surface area (Å²) >= 11 is 0. The highest BCUT2D eigenvalue weighted by Gasteiger charge is 2.26. The first-order valence-corrected chi connectivity index (χ1v) is 8.69. The van der Waals surface area contributed by atoms with Crippen molar-refractivity contribution in [3.63, 3.8) is 0 Å². The van der Waals surface area contributed by atoms with Crippen LogP contribution < -0.4 is 0 Å². The third-order valence-corrected chi connectivity index (χ3v) is 5.19. The lowest BCUT2D eigenvalue weighted by molar-refractivity contribution is 0.327. The Hall–Kier alpha value is -2.66. The summed E-state index contributed by atoms with van der Waals surface area (Å²) in [4.78, 5) is 13.8. The van der Waals surface area contributed by atoms with Crippen LogP contribution in [0.15, 0.2) is 48.7 Å². The fourth-order valence-electron chi connectivity index (χ4n) is 3.90. The predicted octanol–water partition coefficient (Wildman–Crippen LogP) is 4.17. The number of hydrogen-bond acceptors (Lipinski definition) is 2. The van der Waals surface area contributed by atoms with Crippen molar-refractivity contribution in [3.8, 4) is 0 Å². The molecule has 4 aromatic rings. The van der Waals surface area contributed by atoms with Crippen molar-refractivity contribution in [2.75, 3.05) is 13.1 Å². The fourth-order valence-corrected chi connectivity index (χ4v) is 3.90. The molecule has 0 radical (unpaired) electrons. The Kier molecular flexibility index (Phi) is 3.35. The Balaban J connectivity index is 1.35. The van der Waals surface area contributed by atoms with Gasteiger partial charge in [-0.2, -0.15) is 0 Å². The largest absolute Gasteiger partial charge is 0.361 e. The van der Waals surface area contributed by atoms with Gasteiger partial charge >= 0.3 is 0 Å². The second-order valence-corrected chi connectivity index (χ2v) is 6.86. The summed E-state index contributed by atoms with van der Waals surface area (Å²) in [6.45, 7) is 2.97. The van der Waals surface area contributed by atoms with Gasteiger partial charge in [-0.25, -0.2) is 9.37 Å². The number of para-hydroxylation sites is 1. The van der Waals surface area contributed by atoms with Gasteiger partial charge in [0.15, 0.2) is 0 Å². The molecule has 2 N–H and O–H groups in total. The Morgan fingerprint density at radius 1 is 1.16 bits per heavy atom. The molecule has 0 aliphatic carbocycles. The summed E-state index contributed by atoms with van der Waals surface area (Å²) in [7, 11) is 0. The SMILES string of the molecule is Fc1ccc2nc([C@H]3CCN(Cc4c[nH]c5ccccc45)C3)[nH]c2c1. The molecule has 0 spiro atoms. The maximum atomic E-state index is 13.4. The molecule has 0 saturated carbocycles. The maximum absolute atomic E-state index is 13.4. The molecule has 2 aromatic heterocycles. The first-order valence-electron chi connectivity index (χ1n) is 8.69. The topological polar surface area (TPSA) is 47.7 Å². The predicted molar refractivity (Wildman–Crippen MR) is 97.0 cm³/mol. The van der Waals surface area contributed by atoms with Gasteiger partial charge in [-0.15, -0.1) is 0 Å². The number of likely N-dealkylation sites (tertiary alicyclic amines) is 1. The Morgan fingerprint density at radius 2 is 2.08 bits per heavy atom. The van der Waals surface area contributed by atoms with E-state index < -0.39 is 0 Å². The molecule has 1 saturated heterocycles. The van der Waals surface area contributed by atoms with Crippen molar-refractivity contribution in [2.45, 2.75) is 18.9 Å². The molecule has 126 valence electrons. The zero-order chi connectivity index (χ0) is 16.8. The number of rotatable bonds is 3. The lowest BCUT2D eigenvalue weighted by Crippen LogP contribution is -2.19. The van der Waals surface area contributed by atoms with Gasteiger partial charge in [0.1, 0.15) is 11.6 Å². The van der Waals surface area contributed by atoms with E-state index in [0.29, 0.717) is 5.92 Å². The van der Waals surface area contributed by atoms with Gasteiger partial charge in [-0.3, -0.25) is 4.90 Å². The first kappa shape index (κ1) is 14.7. The number of hydrogen-bond donors (Lipinski definition) is 2. The quantitative estimate of drug-likeness (QED) is 0.591. The minimum absolute atomic E-state index is 0.227. The van der Waals surface area contributed by atoms with Crippen LogP contribution in [0.3, 0.4) is 0 Å². The smallest absolute Gasteiger partial charge is 0.125 e. The van der Waals surface area contributed by atoms with E-state index in [1.165, 1.54) is 28.6 Å². The highest BCUT2D eigenvalue weighted by molar-refractivity contribution is 5.83. The number of imidazole rings is 1. The van der Waals surface area contributed by atoms with Gasteiger partial charge < -0.3 is 9.97 Å². The number of H-pyrrole nitrogens is 2. The molecule has 4 nitrogen and oxygen atoms in total. The lowest BCUT2D eigenvalue weighted by Gasteiger charge is -2.14. The average Bonchev–Trinajstić information content (AvgIpc) is 3.33. The number of aromatic nitrogens is 3. The summed E-state index contributed by atoms with van der Waals surface area (Å²) in [5.41, 5.74) is 4.15. The van der Waals surface area contributed by atoms with Gasteiger partial charge in [-0.1, -0.05) is 18.2 Å². The molecular formula is C20H19FN4. The zero-order valence-electron chi connectivity index (χ0n) is 13.8. The Labute approximate surface area is 144 Å². The molecular weight excluding hydrogens is 315 g/mol. The molecule has 25 heavy (non-hydrogen) atoms. The normalized spacial score (nSPS) is 18.5. The molecule has 0 unspecified atom stereocenters. The number of halogens is 1. The fraction of sp³-hybridized carbons (Fsp3) is 0.250. The molecule has 0 amide bonds. The Bertz CT molecular complexity index is 1050. The molecule has 1 fully saturated rings. The highest BCUT2D eigenvalue weighted by Crippen LogP contribution is 2.29. The van der Waals surface area contributed by atoms with Crippen molar-refractivity contribution in [2.24, 2.45) is 0 Å². The van der Waals surface area contributed by atoms with Crippen molar-refractivity contribution in [1.82, 2.24) is 19.9 Å². The summed E-state index contributed by atoms with van der Waals surface area (Å²) in [6, 6.07) is 13.1. The van der Waals surface area contributed by atoms with E-state index >= 15 is 0 Å². The van der Waals surface area contributed by atoms with Crippen LogP contribution in [0.1, 0.15) is 23.7 Å². The van der Waals surface area contributed by atoms with Crippen LogP contribution in [-0.4, -0.2) is 32.9 Å². The molecule has 1 aliphatic rings. The van der Waals surface area contributed by atoms with Gasteiger partial charge in [-0.05, 0) is 42.8 Å². The summed E-state index contributed by atoms with van der Waals surface area (Å²) in [5.74, 6) is 1.12. The van der Waals surface area contributed by atoms with Crippen molar-refractivity contribution >= 4 is 21.9 Å². The van der Waals surface area contributed by atoms with E-state index in [1.54, 1.807) is 6.07 Å². The van der Waals surface area contributed by atoms with E-state index in [2.05, 4.69) is 50.3 Å². The zero-order valence-corrected chi connectivity index (χ0v) is 13.8. The minimum Gasteiger partial charge on any atom is -0.361 e. The second kappa shape index (κ2) is 5.70. The molecule has 5 heteroatoms. The van der Waals surface area contributed by atoms with E-state index in [-0.39, 0.29) is 5.82 Å². The Morgan fingerprint density at radius 3 is 3.04 bits per heavy atom. The highest BCUT2D eigenvalue weighted by atomic mass is 19.1. The molecule has 1 aliphatic heterocycles. The van der Waals surface area contributed by atoms with Gasteiger partial charge in [0.2, 0.25) is 0 Å². The molecule has 3 heterocycles. The number of benzene rings is 2. The third-order valence-electron chi connectivity index (χ3n) is 5.19. The number of nitrogens with one attached hydrogen (secondary N) is 2. The van der Waals surface area contributed by atoms with Crippen molar-refractivity contribution in [3.05, 3.63) is 65.9 Å². The number of fused-ring (bicyclic) bond motifs is 2. The van der Waals surface area contributed by atoms with Crippen LogP contribution in [0, 0.1) is 5.82 Å². The summed E-state index contributed by atoms with van der Waals surface area (Å²) in [6.07, 6.45) is 3.19. The molecule has 1 atom stereocenters. The third kappa shape index (κ3) is 2.61. The van der Waals surface area contributed by atoms with Crippen molar-refractivity contribution in [1.29, 1.82) is 0 Å². The maximum Gasteiger partial charge on any atom is 0.125 e. The summed E-state index contributed by atoms with van der Waals surface area (Å²) < 4.78 is 13.4. The van der Waals surface area contributed by atoms with E-state index in [0.717, 1.165) is 42.9 Å². The van der Waals surface area contributed by atoms with Gasteiger partial charge in [0.05, 0.1) is 11.0 Å². The van der Waals surface area contributed by atoms with E-state index in [4.69, 9.17) is 0 Å². The van der Waals surface area contributed by atoms with E-state index in [9.17, 15) is 4.39 Å². The first-order chi connectivity index (χ1) is 12.3. The van der Waals surface area contributed by atoms with Gasteiger partial charge in [0, 0.05) is 36.1 Å². The van der Waals surface area contributed by atoms with Crippen LogP contribution >= 0.6 is 0 Å². The van der Waals surface area contributed by atoms with Crippen LogP contribution in [0.5, 0.6) is 0 Å². The lowest BCUT2D eigenvalue weighted by atomic mass is 10.1.